The molecule has 1 aliphatic carbocycles. The van der Waals surface area contributed by atoms with E-state index < -0.39 is 5.41 Å². The van der Waals surface area contributed by atoms with Crippen molar-refractivity contribution in [3.05, 3.63) is 0 Å². The molecule has 2 N–H and O–H groups in total. The van der Waals surface area contributed by atoms with Gasteiger partial charge >= 0.3 is 0 Å². The van der Waals surface area contributed by atoms with Gasteiger partial charge in [0.15, 0.2) is 0 Å². The van der Waals surface area contributed by atoms with E-state index in [0.717, 1.165) is 12.8 Å². The van der Waals surface area contributed by atoms with E-state index in [0.29, 0.717) is 18.1 Å². The van der Waals surface area contributed by atoms with Crippen LogP contribution in [0.4, 0.5) is 0 Å². The van der Waals surface area contributed by atoms with E-state index in [1.807, 2.05) is 18.7 Å². The molecule has 1 aliphatic heterocycles. The van der Waals surface area contributed by atoms with Crippen LogP contribution < -0.4 is 5.73 Å². The van der Waals surface area contributed by atoms with Crippen LogP contribution in [0.3, 0.4) is 0 Å². The smallest absolute Gasteiger partial charge is 0.236 e. The number of thiocarbonyl (C=S) groups is 1. The lowest BCUT2D eigenvalue weighted by atomic mass is 10.0. The van der Waals surface area contributed by atoms with Crippen LogP contribution in [-0.2, 0) is 9.53 Å². The van der Waals surface area contributed by atoms with Gasteiger partial charge in [0.2, 0.25) is 5.91 Å². The van der Waals surface area contributed by atoms with E-state index in [-0.39, 0.29) is 18.1 Å². The molecule has 0 bridgehead atoms. The molecule has 0 aromatic rings. The Kier molecular flexibility index (Phi) is 2.92. The molecular formula is C11H18N2O2S. The van der Waals surface area contributed by atoms with Crippen molar-refractivity contribution in [3.63, 3.8) is 0 Å². The van der Waals surface area contributed by atoms with E-state index in [1.54, 1.807) is 0 Å². The number of hydrogen-bond acceptors (Lipinski definition) is 3. The summed E-state index contributed by atoms with van der Waals surface area (Å²) < 4.78 is 5.51. The molecule has 90 valence electrons. The van der Waals surface area contributed by atoms with Crippen molar-refractivity contribution in [2.24, 2.45) is 11.1 Å². The molecule has 2 atom stereocenters. The summed E-state index contributed by atoms with van der Waals surface area (Å²) in [5, 5.41) is 0. The third-order valence-corrected chi connectivity index (χ3v) is 3.89. The first-order valence-corrected chi connectivity index (χ1v) is 6.11. The number of nitrogens with zero attached hydrogens (tertiary/aromatic N) is 1. The minimum Gasteiger partial charge on any atom is -0.392 e. The molecule has 2 unspecified atom stereocenters. The summed E-state index contributed by atoms with van der Waals surface area (Å²) in [6.45, 7) is 5.22. The summed E-state index contributed by atoms with van der Waals surface area (Å²) in [7, 11) is 0. The molecule has 1 saturated carbocycles. The van der Waals surface area contributed by atoms with Crippen LogP contribution in [-0.4, -0.2) is 41.1 Å². The van der Waals surface area contributed by atoms with E-state index in [4.69, 9.17) is 22.7 Å². The number of rotatable bonds is 2. The monoisotopic (exact) mass is 242 g/mol. The topological polar surface area (TPSA) is 55.6 Å². The summed E-state index contributed by atoms with van der Waals surface area (Å²) in [6.07, 6.45) is 1.71. The molecule has 1 saturated heterocycles. The maximum atomic E-state index is 12.4. The number of hydrogen-bond donors (Lipinski definition) is 1. The Balaban J connectivity index is 2.12. The van der Waals surface area contributed by atoms with Crippen LogP contribution >= 0.6 is 12.2 Å². The molecule has 0 radical (unpaired) electrons. The normalized spacial score (nSPS) is 32.2. The quantitative estimate of drug-likeness (QED) is 0.724. The zero-order valence-electron chi connectivity index (χ0n) is 9.73. The van der Waals surface area contributed by atoms with E-state index in [9.17, 15) is 4.79 Å². The lowest BCUT2D eigenvalue weighted by molar-refractivity contribution is -0.146. The number of nitrogens with two attached hydrogens (primary N) is 1. The number of amides is 1. The third-order valence-electron chi connectivity index (χ3n) is 3.50. The lowest BCUT2D eigenvalue weighted by Crippen LogP contribution is -2.54. The highest BCUT2D eigenvalue weighted by atomic mass is 32.1. The van der Waals surface area contributed by atoms with Gasteiger partial charge in [0.1, 0.15) is 0 Å². The third kappa shape index (κ3) is 1.82. The Labute approximate surface area is 101 Å². The van der Waals surface area contributed by atoms with Gasteiger partial charge in [-0.25, -0.2) is 0 Å². The van der Waals surface area contributed by atoms with Crippen LogP contribution in [0.2, 0.25) is 0 Å². The lowest BCUT2D eigenvalue weighted by Gasteiger charge is -2.38. The molecule has 0 aromatic heterocycles. The van der Waals surface area contributed by atoms with Crippen molar-refractivity contribution in [2.45, 2.75) is 38.8 Å². The van der Waals surface area contributed by atoms with Crippen LogP contribution in [0.25, 0.3) is 0 Å². The highest BCUT2D eigenvalue weighted by Gasteiger charge is 2.55. The summed E-state index contributed by atoms with van der Waals surface area (Å²) in [6, 6.07) is 0.121. The van der Waals surface area contributed by atoms with E-state index in [2.05, 4.69) is 0 Å². The average Bonchev–Trinajstić information content (AvgIpc) is 3.01. The van der Waals surface area contributed by atoms with Crippen LogP contribution in [0.1, 0.15) is 26.7 Å². The molecule has 2 rings (SSSR count). The maximum absolute atomic E-state index is 12.4. The fraction of sp³-hybridized carbons (Fsp3) is 0.818. The summed E-state index contributed by atoms with van der Waals surface area (Å²) in [4.78, 5) is 14.6. The van der Waals surface area contributed by atoms with Crippen molar-refractivity contribution in [1.82, 2.24) is 4.90 Å². The van der Waals surface area contributed by atoms with Crippen molar-refractivity contribution < 1.29 is 9.53 Å². The second-order valence-corrected chi connectivity index (χ2v) is 5.34. The number of carbonyl (C=O) groups excluding carboxylic acids is 1. The minimum atomic E-state index is -0.527. The SMILES string of the molecule is CC1CN(C(=O)C2(C(N)=S)CC2)C(C)CO1. The number of morpholine rings is 1. The van der Waals surface area contributed by atoms with Gasteiger partial charge in [-0.05, 0) is 26.7 Å². The van der Waals surface area contributed by atoms with Gasteiger partial charge in [-0.1, -0.05) is 12.2 Å². The molecule has 0 aromatic carbocycles. The molecule has 1 amide bonds. The molecule has 5 heteroatoms. The van der Waals surface area contributed by atoms with Crippen LogP contribution in [0, 0.1) is 5.41 Å². The van der Waals surface area contributed by atoms with Gasteiger partial charge in [-0.2, -0.15) is 0 Å². The fourth-order valence-electron chi connectivity index (χ4n) is 2.15. The second-order valence-electron chi connectivity index (χ2n) is 4.90. The first-order valence-electron chi connectivity index (χ1n) is 5.70. The van der Waals surface area contributed by atoms with Gasteiger partial charge in [0.25, 0.3) is 0 Å². The number of ether oxygens (including phenoxy) is 1. The second kappa shape index (κ2) is 3.96. The predicted molar refractivity (Wildman–Crippen MR) is 65.0 cm³/mol. The van der Waals surface area contributed by atoms with E-state index >= 15 is 0 Å². The van der Waals surface area contributed by atoms with Gasteiger partial charge < -0.3 is 15.4 Å². The molecule has 2 fully saturated rings. The molecule has 1 heterocycles. The zero-order chi connectivity index (χ0) is 11.9. The van der Waals surface area contributed by atoms with Gasteiger partial charge in [-0.3, -0.25) is 4.79 Å². The average molecular weight is 242 g/mol. The van der Waals surface area contributed by atoms with Crippen molar-refractivity contribution in [1.29, 1.82) is 0 Å². The first kappa shape index (κ1) is 11.8. The Bertz CT molecular complexity index is 328. The fourth-order valence-corrected chi connectivity index (χ4v) is 2.44. The Morgan fingerprint density at radius 1 is 1.50 bits per heavy atom. The van der Waals surface area contributed by atoms with Crippen molar-refractivity contribution in [3.8, 4) is 0 Å². The van der Waals surface area contributed by atoms with Gasteiger partial charge in [0.05, 0.1) is 29.2 Å². The largest absolute Gasteiger partial charge is 0.392 e. The Hall–Kier alpha value is -0.680. The minimum absolute atomic E-state index is 0.0993. The zero-order valence-corrected chi connectivity index (χ0v) is 10.5. The molecule has 16 heavy (non-hydrogen) atoms. The summed E-state index contributed by atoms with van der Waals surface area (Å²) >= 11 is 5.01. The van der Waals surface area contributed by atoms with E-state index in [1.165, 1.54) is 0 Å². The Morgan fingerprint density at radius 3 is 2.62 bits per heavy atom. The first-order chi connectivity index (χ1) is 7.47. The van der Waals surface area contributed by atoms with Gasteiger partial charge in [0, 0.05) is 6.54 Å². The highest BCUT2D eigenvalue weighted by Crippen LogP contribution is 2.48. The maximum Gasteiger partial charge on any atom is 0.236 e. The highest BCUT2D eigenvalue weighted by molar-refractivity contribution is 7.80. The Morgan fingerprint density at radius 2 is 2.12 bits per heavy atom. The van der Waals surface area contributed by atoms with Crippen LogP contribution in [0.15, 0.2) is 0 Å². The molecule has 4 nitrogen and oxygen atoms in total. The predicted octanol–water partition coefficient (Wildman–Crippen LogP) is 0.688. The van der Waals surface area contributed by atoms with Gasteiger partial charge in [-0.15, -0.1) is 0 Å². The summed E-state index contributed by atoms with van der Waals surface area (Å²) in [5.74, 6) is 0.0997. The molecular weight excluding hydrogens is 224 g/mol. The summed E-state index contributed by atoms with van der Waals surface area (Å²) in [5.41, 5.74) is 5.15. The number of carbonyl (C=O) groups is 1. The molecule has 2 aliphatic rings. The standard InChI is InChI=1S/C11H18N2O2S/c1-7-6-15-8(2)5-13(7)10(14)11(3-4-11)9(12)16/h7-8H,3-6H2,1-2H3,(H2,12,16). The molecule has 0 spiro atoms. The van der Waals surface area contributed by atoms with Crippen molar-refractivity contribution >= 4 is 23.1 Å². The van der Waals surface area contributed by atoms with Crippen molar-refractivity contribution in [2.75, 3.05) is 13.2 Å². The van der Waals surface area contributed by atoms with Crippen LogP contribution in [0.5, 0.6) is 0 Å².